The monoisotopic (exact) mass is 483 g/mol. The van der Waals surface area contributed by atoms with Crippen LogP contribution in [0.1, 0.15) is 58.8 Å². The third-order valence-electron chi connectivity index (χ3n) is 6.65. The first-order chi connectivity index (χ1) is 17.5. The zero-order chi connectivity index (χ0) is 25.1. The summed E-state index contributed by atoms with van der Waals surface area (Å²) in [6.45, 7) is 0. The van der Waals surface area contributed by atoms with Gasteiger partial charge in [0.2, 0.25) is 0 Å². The van der Waals surface area contributed by atoms with Gasteiger partial charge in [0.05, 0.1) is 17.3 Å². The number of rotatable bonds is 8. The lowest BCUT2D eigenvalue weighted by Crippen LogP contribution is -2.27. The van der Waals surface area contributed by atoms with E-state index in [0.29, 0.717) is 36.2 Å². The van der Waals surface area contributed by atoms with Crippen molar-refractivity contribution in [3.05, 3.63) is 94.9 Å². The fourth-order valence-corrected chi connectivity index (χ4v) is 4.82. The molecule has 0 fully saturated rings. The number of carbonyl (C=O) groups excluding carboxylic acids is 1. The molecule has 0 spiro atoms. The summed E-state index contributed by atoms with van der Waals surface area (Å²) >= 11 is 0. The molecule has 4 aromatic rings. The molecule has 0 radical (unpaired) electrons. The van der Waals surface area contributed by atoms with Crippen molar-refractivity contribution in [1.29, 1.82) is 0 Å². The number of hydrogen-bond donors (Lipinski definition) is 2. The second-order valence-electron chi connectivity index (χ2n) is 9.14. The lowest BCUT2D eigenvalue weighted by Gasteiger charge is -2.15. The number of fused-ring (bicyclic) bond motifs is 2. The van der Waals surface area contributed by atoms with Crippen LogP contribution in [0.15, 0.2) is 66.9 Å². The Bertz CT molecular complexity index is 1440. The highest BCUT2D eigenvalue weighted by Crippen LogP contribution is 2.31. The number of halogens is 1. The number of carboxylic acids is 1. The molecular weight excluding hydrogens is 457 g/mol. The zero-order valence-electron chi connectivity index (χ0n) is 19.7. The standard InChI is InChI=1S/C29H26FN3O3/c30-23-12-9-19(10-13-23)27-20(6-2-4-8-26(34)35)15-21-16-22(17-31-28(21)33-27)29(36)32-25-14-11-18-5-1-3-7-24(18)25/h1,3,5,7,9-10,12-13,15-17,25H,2,4,6,8,11,14H2,(H,32,36)(H,34,35)/t25-/m1/s1. The summed E-state index contributed by atoms with van der Waals surface area (Å²) in [5, 5.41) is 12.8. The maximum atomic E-state index is 13.5. The van der Waals surface area contributed by atoms with E-state index in [9.17, 15) is 14.0 Å². The van der Waals surface area contributed by atoms with Crippen LogP contribution >= 0.6 is 0 Å². The first-order valence-electron chi connectivity index (χ1n) is 12.1. The Labute approximate surface area is 208 Å². The number of amides is 1. The van der Waals surface area contributed by atoms with E-state index in [-0.39, 0.29) is 24.2 Å². The third-order valence-corrected chi connectivity index (χ3v) is 6.65. The van der Waals surface area contributed by atoms with Crippen LogP contribution in [-0.2, 0) is 17.6 Å². The maximum Gasteiger partial charge on any atom is 0.303 e. The van der Waals surface area contributed by atoms with Crippen LogP contribution in [0.3, 0.4) is 0 Å². The van der Waals surface area contributed by atoms with Crippen molar-refractivity contribution in [3.8, 4) is 11.3 Å². The quantitative estimate of drug-likeness (QED) is 0.316. The number of nitrogens with zero attached hydrogens (tertiary/aromatic N) is 2. The predicted molar refractivity (Wildman–Crippen MR) is 135 cm³/mol. The summed E-state index contributed by atoms with van der Waals surface area (Å²) in [7, 11) is 0. The van der Waals surface area contributed by atoms with Gasteiger partial charge in [-0.05, 0) is 85.2 Å². The van der Waals surface area contributed by atoms with Crippen LogP contribution in [0.4, 0.5) is 4.39 Å². The van der Waals surface area contributed by atoms with Crippen molar-refractivity contribution < 1.29 is 19.1 Å². The second kappa shape index (κ2) is 10.2. The van der Waals surface area contributed by atoms with Gasteiger partial charge in [0.15, 0.2) is 5.65 Å². The van der Waals surface area contributed by atoms with Crippen molar-refractivity contribution in [3.63, 3.8) is 0 Å². The molecule has 182 valence electrons. The normalized spacial score (nSPS) is 14.5. The molecule has 2 aromatic carbocycles. The van der Waals surface area contributed by atoms with Gasteiger partial charge in [-0.15, -0.1) is 0 Å². The molecule has 6 nitrogen and oxygen atoms in total. The Morgan fingerprint density at radius 2 is 1.86 bits per heavy atom. The number of carbonyl (C=O) groups is 2. The highest BCUT2D eigenvalue weighted by molar-refractivity contribution is 5.97. The minimum atomic E-state index is -0.824. The SMILES string of the molecule is O=C(O)CCCCc1cc2cc(C(=O)N[C@@H]3CCc4ccccc43)cnc2nc1-c1ccc(F)cc1. The average molecular weight is 484 g/mol. The van der Waals surface area contributed by atoms with Gasteiger partial charge >= 0.3 is 5.97 Å². The van der Waals surface area contributed by atoms with E-state index in [1.54, 1.807) is 18.2 Å². The molecule has 36 heavy (non-hydrogen) atoms. The summed E-state index contributed by atoms with van der Waals surface area (Å²) < 4.78 is 13.5. The van der Waals surface area contributed by atoms with Crippen molar-refractivity contribution in [2.24, 2.45) is 0 Å². The highest BCUT2D eigenvalue weighted by atomic mass is 19.1. The summed E-state index contributed by atoms with van der Waals surface area (Å²) in [6, 6.07) is 18.0. The van der Waals surface area contributed by atoms with Crippen LogP contribution in [0, 0.1) is 5.82 Å². The number of aryl methyl sites for hydroxylation is 2. The van der Waals surface area contributed by atoms with Gasteiger partial charge < -0.3 is 10.4 Å². The van der Waals surface area contributed by atoms with E-state index < -0.39 is 5.97 Å². The van der Waals surface area contributed by atoms with E-state index in [2.05, 4.69) is 22.4 Å². The van der Waals surface area contributed by atoms with Crippen molar-refractivity contribution in [2.45, 2.75) is 44.6 Å². The molecule has 0 bridgehead atoms. The van der Waals surface area contributed by atoms with E-state index in [4.69, 9.17) is 10.1 Å². The molecule has 1 amide bonds. The van der Waals surface area contributed by atoms with Crippen molar-refractivity contribution in [1.82, 2.24) is 15.3 Å². The third kappa shape index (κ3) is 5.10. The number of hydrogen-bond acceptors (Lipinski definition) is 4. The first-order valence-corrected chi connectivity index (χ1v) is 12.1. The number of aromatic nitrogens is 2. The molecule has 0 unspecified atom stereocenters. The van der Waals surface area contributed by atoms with Crippen LogP contribution in [0.25, 0.3) is 22.3 Å². The largest absolute Gasteiger partial charge is 0.481 e. The highest BCUT2D eigenvalue weighted by Gasteiger charge is 2.24. The summed E-state index contributed by atoms with van der Waals surface area (Å²) in [5.74, 6) is -1.34. The zero-order valence-corrected chi connectivity index (χ0v) is 19.7. The average Bonchev–Trinajstić information content (AvgIpc) is 3.29. The Morgan fingerprint density at radius 3 is 2.67 bits per heavy atom. The van der Waals surface area contributed by atoms with Crippen LogP contribution in [0.5, 0.6) is 0 Å². The number of pyridine rings is 2. The summed E-state index contributed by atoms with van der Waals surface area (Å²) in [6.07, 6.45) is 5.27. The minimum absolute atomic E-state index is 0.0202. The van der Waals surface area contributed by atoms with Gasteiger partial charge in [-0.25, -0.2) is 14.4 Å². The van der Waals surface area contributed by atoms with Crippen LogP contribution in [-0.4, -0.2) is 27.0 Å². The molecule has 0 saturated heterocycles. The molecule has 1 atom stereocenters. The molecule has 2 heterocycles. The van der Waals surface area contributed by atoms with Gasteiger partial charge in [0.25, 0.3) is 5.91 Å². The summed E-state index contributed by atoms with van der Waals surface area (Å²) in [4.78, 5) is 33.2. The smallest absolute Gasteiger partial charge is 0.303 e. The molecule has 7 heteroatoms. The molecule has 2 N–H and O–H groups in total. The second-order valence-corrected chi connectivity index (χ2v) is 9.14. The Balaban J connectivity index is 1.43. The number of aliphatic carboxylic acids is 1. The van der Waals surface area contributed by atoms with E-state index in [1.807, 2.05) is 18.2 Å². The fourth-order valence-electron chi connectivity index (χ4n) is 4.82. The Morgan fingerprint density at radius 1 is 1.06 bits per heavy atom. The van der Waals surface area contributed by atoms with Gasteiger partial charge in [-0.2, -0.15) is 0 Å². The predicted octanol–water partition coefficient (Wildman–Crippen LogP) is 5.65. The molecule has 0 saturated carbocycles. The van der Waals surface area contributed by atoms with Crippen molar-refractivity contribution >= 4 is 22.9 Å². The Kier molecular flexibility index (Phi) is 6.71. The van der Waals surface area contributed by atoms with Crippen LogP contribution < -0.4 is 5.32 Å². The summed E-state index contributed by atoms with van der Waals surface area (Å²) in [5.41, 5.74) is 5.73. The number of nitrogens with one attached hydrogen (secondary N) is 1. The number of unbranched alkanes of at least 4 members (excludes halogenated alkanes) is 1. The number of benzene rings is 2. The van der Waals surface area contributed by atoms with E-state index in [0.717, 1.165) is 34.9 Å². The molecule has 0 aliphatic heterocycles. The van der Waals surface area contributed by atoms with E-state index >= 15 is 0 Å². The lowest BCUT2D eigenvalue weighted by molar-refractivity contribution is -0.137. The van der Waals surface area contributed by atoms with Crippen molar-refractivity contribution in [2.75, 3.05) is 0 Å². The van der Waals surface area contributed by atoms with Gasteiger partial charge in [0, 0.05) is 23.6 Å². The van der Waals surface area contributed by atoms with Gasteiger partial charge in [0.1, 0.15) is 5.82 Å². The first kappa shape index (κ1) is 23.6. The van der Waals surface area contributed by atoms with E-state index in [1.165, 1.54) is 23.9 Å². The lowest BCUT2D eigenvalue weighted by atomic mass is 9.99. The molecule has 2 aromatic heterocycles. The molecular formula is C29H26FN3O3. The topological polar surface area (TPSA) is 92.2 Å². The van der Waals surface area contributed by atoms with Gasteiger partial charge in [-0.3, -0.25) is 9.59 Å². The fraction of sp³-hybridized carbons (Fsp3) is 0.241. The maximum absolute atomic E-state index is 13.5. The molecule has 1 aliphatic rings. The number of carboxylic acid groups (broad SMARTS) is 1. The Hall–Kier alpha value is -4.13. The molecule has 5 rings (SSSR count). The van der Waals surface area contributed by atoms with Gasteiger partial charge in [-0.1, -0.05) is 24.3 Å². The van der Waals surface area contributed by atoms with Crippen LogP contribution in [0.2, 0.25) is 0 Å². The minimum Gasteiger partial charge on any atom is -0.481 e. The molecule has 1 aliphatic carbocycles.